The van der Waals surface area contributed by atoms with Crippen molar-refractivity contribution in [2.45, 2.75) is 38.8 Å². The Kier molecular flexibility index (Phi) is 5.42. The topological polar surface area (TPSA) is 118 Å². The summed E-state index contributed by atoms with van der Waals surface area (Å²) in [6.07, 6.45) is 2.39. The van der Waals surface area contributed by atoms with Crippen LogP contribution in [0.5, 0.6) is 0 Å². The summed E-state index contributed by atoms with van der Waals surface area (Å²) in [5.41, 5.74) is 3.87. The maximum Gasteiger partial charge on any atom is 0.244 e. The molecule has 5 heterocycles. The molecule has 4 aromatic heterocycles. The van der Waals surface area contributed by atoms with Gasteiger partial charge in [-0.1, -0.05) is 18.2 Å². The maximum absolute atomic E-state index is 13.8. The molecule has 0 bridgehead atoms. The van der Waals surface area contributed by atoms with Crippen LogP contribution in [-0.2, 0) is 16.7 Å². The van der Waals surface area contributed by atoms with Crippen molar-refractivity contribution in [1.82, 2.24) is 35.5 Å². The van der Waals surface area contributed by atoms with Crippen LogP contribution in [0.25, 0.3) is 22.3 Å². The number of fused-ring (bicyclic) bond motifs is 3. The minimum atomic E-state index is -0.911. The Hall–Kier alpha value is -3.89. The average molecular weight is 488 g/mol. The minimum Gasteiger partial charge on any atom is -0.423 e. The van der Waals surface area contributed by atoms with Gasteiger partial charge in [-0.3, -0.25) is 5.32 Å². The van der Waals surface area contributed by atoms with Crippen molar-refractivity contribution < 1.29 is 13.5 Å². The van der Waals surface area contributed by atoms with Crippen molar-refractivity contribution in [3.05, 3.63) is 83.0 Å². The molecule has 0 amide bonds. The predicted molar refractivity (Wildman–Crippen MR) is 131 cm³/mol. The number of hydrogen-bond donors (Lipinski definition) is 3. The molecule has 3 N–H and O–H groups in total. The van der Waals surface area contributed by atoms with Gasteiger partial charge >= 0.3 is 0 Å². The second-order valence-electron chi connectivity index (χ2n) is 9.04. The van der Waals surface area contributed by atoms with Crippen molar-refractivity contribution in [3.8, 4) is 11.4 Å². The molecule has 0 spiro atoms. The summed E-state index contributed by atoms with van der Waals surface area (Å²) < 4.78 is 25.8. The van der Waals surface area contributed by atoms with E-state index in [4.69, 9.17) is 9.15 Å². The van der Waals surface area contributed by atoms with E-state index in [1.165, 1.54) is 6.07 Å². The monoisotopic (exact) mass is 487 g/mol. The highest BCUT2D eigenvalue weighted by molar-refractivity contribution is 5.85. The Labute approximate surface area is 206 Å². The second-order valence-corrected chi connectivity index (χ2v) is 9.04. The molecular formula is C26H26FN7O2. The van der Waals surface area contributed by atoms with Crippen LogP contribution in [0.3, 0.4) is 0 Å². The van der Waals surface area contributed by atoms with Crippen LogP contribution in [0.15, 0.2) is 47.0 Å². The Morgan fingerprint density at radius 2 is 2.00 bits per heavy atom. The van der Waals surface area contributed by atoms with Gasteiger partial charge in [0.1, 0.15) is 11.6 Å². The lowest BCUT2D eigenvalue weighted by atomic mass is 9.83. The van der Waals surface area contributed by atoms with E-state index in [0.29, 0.717) is 41.9 Å². The Morgan fingerprint density at radius 1 is 1.14 bits per heavy atom. The highest BCUT2D eigenvalue weighted by Crippen LogP contribution is 2.42. The van der Waals surface area contributed by atoms with Crippen LogP contribution >= 0.6 is 0 Å². The van der Waals surface area contributed by atoms with Crippen LogP contribution in [0, 0.1) is 19.7 Å². The molecule has 0 aliphatic carbocycles. The molecule has 0 fully saturated rings. The van der Waals surface area contributed by atoms with Crippen LogP contribution in [0.4, 0.5) is 4.39 Å². The highest BCUT2D eigenvalue weighted by Gasteiger charge is 2.49. The molecule has 0 saturated heterocycles. The number of nitrogens with zero attached hydrogens (tertiary/aromatic N) is 4. The lowest BCUT2D eigenvalue weighted by Crippen LogP contribution is -2.53. The summed E-state index contributed by atoms with van der Waals surface area (Å²) in [4.78, 5) is 16.0. The van der Waals surface area contributed by atoms with E-state index in [1.54, 1.807) is 26.1 Å². The van der Waals surface area contributed by atoms with Gasteiger partial charge in [0.05, 0.1) is 41.6 Å². The quantitative estimate of drug-likeness (QED) is 0.328. The molecule has 1 aliphatic heterocycles. The summed E-state index contributed by atoms with van der Waals surface area (Å²) >= 11 is 0. The van der Waals surface area contributed by atoms with Crippen LogP contribution < -0.4 is 5.32 Å². The molecule has 1 unspecified atom stereocenters. The van der Waals surface area contributed by atoms with Gasteiger partial charge in [0, 0.05) is 24.4 Å². The molecule has 0 radical (unpaired) electrons. The molecule has 2 atom stereocenters. The molecular weight excluding hydrogens is 461 g/mol. The van der Waals surface area contributed by atoms with Crippen molar-refractivity contribution in [2.24, 2.45) is 0 Å². The van der Waals surface area contributed by atoms with Gasteiger partial charge in [0.2, 0.25) is 11.8 Å². The smallest absolute Gasteiger partial charge is 0.244 e. The van der Waals surface area contributed by atoms with Crippen LogP contribution in [0.1, 0.15) is 47.5 Å². The molecule has 0 saturated carbocycles. The standard InChI is InChI=1S/C26H26FN7O2/c1-4-35-13-26(25-34-33-15(3)36-25)23-17(16-7-5-6-8-19(16)30-23)11-21(32-26)24-28-12-22(31-24)20-10-9-18(27)14(2)29-20/h5-10,12,21,30,32H,4,11,13H2,1-3H3,(H,28,31)/t21?,26-/m1/s1. The summed E-state index contributed by atoms with van der Waals surface area (Å²) in [5, 5.41) is 13.4. The molecule has 10 heteroatoms. The minimum absolute atomic E-state index is 0.223. The number of ether oxygens (including phenoxy) is 1. The van der Waals surface area contributed by atoms with Gasteiger partial charge in [-0.2, -0.15) is 0 Å². The van der Waals surface area contributed by atoms with E-state index in [1.807, 2.05) is 19.1 Å². The zero-order chi connectivity index (χ0) is 24.9. The summed E-state index contributed by atoms with van der Waals surface area (Å²) in [7, 11) is 0. The molecule has 1 aliphatic rings. The number of para-hydroxylation sites is 1. The van der Waals surface area contributed by atoms with Crippen LogP contribution in [0.2, 0.25) is 0 Å². The maximum atomic E-state index is 13.8. The first-order valence-electron chi connectivity index (χ1n) is 11.9. The number of aromatic nitrogens is 6. The van der Waals surface area contributed by atoms with Crippen molar-refractivity contribution in [3.63, 3.8) is 0 Å². The van der Waals surface area contributed by atoms with Crippen LogP contribution in [-0.4, -0.2) is 43.3 Å². The molecule has 6 rings (SSSR count). The van der Waals surface area contributed by atoms with Gasteiger partial charge in [-0.05, 0) is 44.0 Å². The fourth-order valence-corrected chi connectivity index (χ4v) is 4.97. The molecule has 184 valence electrons. The van der Waals surface area contributed by atoms with E-state index in [-0.39, 0.29) is 18.5 Å². The number of pyridine rings is 1. The highest BCUT2D eigenvalue weighted by atomic mass is 19.1. The number of imidazole rings is 1. The molecule has 36 heavy (non-hydrogen) atoms. The Bertz CT molecular complexity index is 1550. The predicted octanol–water partition coefficient (Wildman–Crippen LogP) is 4.26. The first-order valence-corrected chi connectivity index (χ1v) is 11.9. The summed E-state index contributed by atoms with van der Waals surface area (Å²) in [5.74, 6) is 1.28. The van der Waals surface area contributed by atoms with Crippen molar-refractivity contribution in [1.29, 1.82) is 0 Å². The third-order valence-corrected chi connectivity index (χ3v) is 6.71. The van der Waals surface area contributed by atoms with Gasteiger partial charge in [-0.25, -0.2) is 14.4 Å². The number of hydrogen-bond acceptors (Lipinski definition) is 7. The normalized spacial score (nSPS) is 19.6. The third kappa shape index (κ3) is 3.61. The average Bonchev–Trinajstić information content (AvgIpc) is 3.63. The molecule has 9 nitrogen and oxygen atoms in total. The zero-order valence-electron chi connectivity index (χ0n) is 20.2. The molecule has 1 aromatic carbocycles. The number of rotatable bonds is 6. The number of benzene rings is 1. The summed E-state index contributed by atoms with van der Waals surface area (Å²) in [6.45, 7) is 6.18. The lowest BCUT2D eigenvalue weighted by molar-refractivity contribution is 0.0657. The van der Waals surface area contributed by atoms with E-state index < -0.39 is 5.54 Å². The first-order chi connectivity index (χ1) is 17.5. The number of H-pyrrole nitrogens is 2. The van der Waals surface area contributed by atoms with Gasteiger partial charge in [-0.15, -0.1) is 10.2 Å². The fraction of sp³-hybridized carbons (Fsp3) is 0.308. The number of aryl methyl sites for hydroxylation is 2. The van der Waals surface area contributed by atoms with Gasteiger partial charge in [0.15, 0.2) is 5.54 Å². The first kappa shape index (κ1) is 22.6. The van der Waals surface area contributed by atoms with Crippen molar-refractivity contribution >= 4 is 10.9 Å². The van der Waals surface area contributed by atoms with E-state index in [9.17, 15) is 4.39 Å². The van der Waals surface area contributed by atoms with Gasteiger partial charge in [0.25, 0.3) is 0 Å². The SMILES string of the molecule is CCOC[C@@]1(c2nnc(C)o2)NC(c2ncc(-c3ccc(F)c(C)n3)[nH]2)Cc2c1[nH]c1ccccc21. The number of nitrogens with one attached hydrogen (secondary N) is 3. The second kappa shape index (κ2) is 8.65. The van der Waals surface area contributed by atoms with Gasteiger partial charge < -0.3 is 19.1 Å². The Morgan fingerprint density at radius 3 is 2.78 bits per heavy atom. The largest absolute Gasteiger partial charge is 0.423 e. The zero-order valence-corrected chi connectivity index (χ0v) is 20.2. The molecule has 5 aromatic rings. The Balaban J connectivity index is 1.49. The number of aromatic amines is 2. The fourth-order valence-electron chi connectivity index (χ4n) is 4.97. The number of halogens is 1. The summed E-state index contributed by atoms with van der Waals surface area (Å²) in [6, 6.07) is 11.0. The van der Waals surface area contributed by atoms with E-state index >= 15 is 0 Å². The lowest BCUT2D eigenvalue weighted by Gasteiger charge is -2.39. The van der Waals surface area contributed by atoms with E-state index in [0.717, 1.165) is 28.0 Å². The van der Waals surface area contributed by atoms with E-state index in [2.05, 4.69) is 47.6 Å². The third-order valence-electron chi connectivity index (χ3n) is 6.71. The van der Waals surface area contributed by atoms with Crippen molar-refractivity contribution in [2.75, 3.05) is 13.2 Å².